The van der Waals surface area contributed by atoms with E-state index in [1.807, 2.05) is 6.92 Å². The van der Waals surface area contributed by atoms with E-state index in [4.69, 9.17) is 0 Å². The average molecular weight is 319 g/mol. The summed E-state index contributed by atoms with van der Waals surface area (Å²) in [6.07, 6.45) is -3.08. The lowest BCUT2D eigenvalue weighted by Gasteiger charge is -2.16. The Morgan fingerprint density at radius 2 is 2.05 bits per heavy atom. The van der Waals surface area contributed by atoms with Crippen LogP contribution in [0.15, 0.2) is 18.2 Å². The van der Waals surface area contributed by atoms with Gasteiger partial charge in [-0.05, 0) is 12.5 Å². The van der Waals surface area contributed by atoms with Gasteiger partial charge in [0.2, 0.25) is 0 Å². The summed E-state index contributed by atoms with van der Waals surface area (Å²) in [7, 11) is 1.14. The summed E-state index contributed by atoms with van der Waals surface area (Å²) in [4.78, 5) is 22.0. The number of rotatable bonds is 6. The van der Waals surface area contributed by atoms with Crippen molar-refractivity contribution >= 4 is 11.7 Å². The second-order valence-electron chi connectivity index (χ2n) is 4.75. The molecule has 122 valence electrons. The van der Waals surface area contributed by atoms with Crippen LogP contribution in [0.5, 0.6) is 0 Å². The molecule has 0 aliphatic rings. The summed E-state index contributed by atoms with van der Waals surface area (Å²) < 4.78 is 42.6. The normalized spacial score (nSPS) is 12.8. The zero-order chi connectivity index (χ0) is 16.9. The number of hydrogen-bond acceptors (Lipinski definition) is 4. The first kappa shape index (κ1) is 17.9. The van der Waals surface area contributed by atoms with E-state index in [0.717, 1.165) is 25.7 Å². The number of carbonyl (C=O) groups is 1. The molecule has 1 aromatic carbocycles. The molecule has 8 heteroatoms. The highest BCUT2D eigenvalue weighted by atomic mass is 19.4. The molecule has 1 atom stereocenters. The SMILES string of the molecule is CCCCC(C(=O)OC)c1ccc(C(F)(F)F)cc1[N+](=O)[O-]. The van der Waals surface area contributed by atoms with Gasteiger partial charge in [0.15, 0.2) is 0 Å². The van der Waals surface area contributed by atoms with E-state index >= 15 is 0 Å². The first-order valence-electron chi connectivity index (χ1n) is 6.65. The minimum atomic E-state index is -4.69. The summed E-state index contributed by atoms with van der Waals surface area (Å²) in [5.74, 6) is -1.65. The van der Waals surface area contributed by atoms with Crippen LogP contribution in [0.3, 0.4) is 0 Å². The highest BCUT2D eigenvalue weighted by Gasteiger charge is 2.35. The minimum absolute atomic E-state index is 0.0571. The van der Waals surface area contributed by atoms with Crippen LogP contribution >= 0.6 is 0 Å². The molecule has 5 nitrogen and oxygen atoms in total. The van der Waals surface area contributed by atoms with Crippen molar-refractivity contribution in [3.8, 4) is 0 Å². The number of unbranched alkanes of at least 4 members (excludes halogenated alkanes) is 1. The van der Waals surface area contributed by atoms with Gasteiger partial charge in [0.25, 0.3) is 5.69 Å². The molecule has 0 bridgehead atoms. The van der Waals surface area contributed by atoms with Gasteiger partial charge in [-0.1, -0.05) is 25.8 Å². The number of hydrogen-bond donors (Lipinski definition) is 0. The number of ether oxygens (including phenoxy) is 1. The van der Waals surface area contributed by atoms with Gasteiger partial charge < -0.3 is 4.74 Å². The molecule has 0 amide bonds. The molecule has 0 radical (unpaired) electrons. The van der Waals surface area contributed by atoms with E-state index in [-0.39, 0.29) is 12.0 Å². The van der Waals surface area contributed by atoms with Gasteiger partial charge in [-0.25, -0.2) is 0 Å². The first-order chi connectivity index (χ1) is 10.2. The number of benzene rings is 1. The molecule has 0 aliphatic heterocycles. The summed E-state index contributed by atoms with van der Waals surface area (Å²) >= 11 is 0. The Balaban J connectivity index is 3.36. The number of nitro groups is 1. The number of carbonyl (C=O) groups excluding carboxylic acids is 1. The van der Waals surface area contributed by atoms with Gasteiger partial charge in [0.05, 0.1) is 23.5 Å². The largest absolute Gasteiger partial charge is 0.469 e. The fourth-order valence-corrected chi connectivity index (χ4v) is 2.12. The van der Waals surface area contributed by atoms with Crippen LogP contribution in [0, 0.1) is 10.1 Å². The highest BCUT2D eigenvalue weighted by molar-refractivity contribution is 5.79. The number of esters is 1. The average Bonchev–Trinajstić information content (AvgIpc) is 2.46. The smallest absolute Gasteiger partial charge is 0.416 e. The third-order valence-corrected chi connectivity index (χ3v) is 3.26. The Labute approximate surface area is 125 Å². The van der Waals surface area contributed by atoms with Crippen LogP contribution in [0.2, 0.25) is 0 Å². The van der Waals surface area contributed by atoms with Gasteiger partial charge >= 0.3 is 12.1 Å². The molecule has 1 unspecified atom stereocenters. The van der Waals surface area contributed by atoms with Crippen molar-refractivity contribution in [2.24, 2.45) is 0 Å². The predicted octanol–water partition coefficient (Wildman–Crippen LogP) is 4.06. The van der Waals surface area contributed by atoms with E-state index in [1.165, 1.54) is 0 Å². The molecule has 0 fully saturated rings. The topological polar surface area (TPSA) is 69.4 Å². The number of methoxy groups -OCH3 is 1. The highest BCUT2D eigenvalue weighted by Crippen LogP contribution is 2.37. The van der Waals surface area contributed by atoms with Gasteiger partial charge in [0, 0.05) is 11.6 Å². The van der Waals surface area contributed by atoms with Crippen molar-refractivity contribution in [1.29, 1.82) is 0 Å². The van der Waals surface area contributed by atoms with E-state index in [0.29, 0.717) is 12.5 Å². The maximum Gasteiger partial charge on any atom is 0.416 e. The van der Waals surface area contributed by atoms with Gasteiger partial charge in [-0.2, -0.15) is 13.2 Å². The molecule has 0 aromatic heterocycles. The van der Waals surface area contributed by atoms with Crippen LogP contribution < -0.4 is 0 Å². The maximum absolute atomic E-state index is 12.7. The fraction of sp³-hybridized carbons (Fsp3) is 0.500. The van der Waals surface area contributed by atoms with Crippen molar-refractivity contribution in [1.82, 2.24) is 0 Å². The number of nitro benzene ring substituents is 1. The monoisotopic (exact) mass is 319 g/mol. The Kier molecular flexibility index (Phi) is 5.90. The molecule has 1 aromatic rings. The minimum Gasteiger partial charge on any atom is -0.469 e. The Morgan fingerprint density at radius 1 is 1.41 bits per heavy atom. The zero-order valence-electron chi connectivity index (χ0n) is 12.1. The lowest BCUT2D eigenvalue weighted by Crippen LogP contribution is -2.17. The molecule has 0 heterocycles. The second-order valence-corrected chi connectivity index (χ2v) is 4.75. The lowest BCUT2D eigenvalue weighted by molar-refractivity contribution is -0.386. The third kappa shape index (κ3) is 4.19. The van der Waals surface area contributed by atoms with Crippen molar-refractivity contribution in [2.45, 2.75) is 38.3 Å². The van der Waals surface area contributed by atoms with Crippen molar-refractivity contribution in [3.63, 3.8) is 0 Å². The summed E-state index contributed by atoms with van der Waals surface area (Å²) in [5.41, 5.74) is -1.90. The van der Waals surface area contributed by atoms with Crippen LogP contribution in [0.25, 0.3) is 0 Å². The zero-order valence-corrected chi connectivity index (χ0v) is 12.1. The van der Waals surface area contributed by atoms with Crippen molar-refractivity contribution < 1.29 is 27.6 Å². The van der Waals surface area contributed by atoms with Crippen LogP contribution in [-0.2, 0) is 15.7 Å². The van der Waals surface area contributed by atoms with Crippen LogP contribution in [0.1, 0.15) is 43.2 Å². The molecular formula is C14H16F3NO4. The first-order valence-corrected chi connectivity index (χ1v) is 6.65. The van der Waals surface area contributed by atoms with Gasteiger partial charge in [-0.15, -0.1) is 0 Å². The van der Waals surface area contributed by atoms with Gasteiger partial charge in [0.1, 0.15) is 0 Å². The Hall–Kier alpha value is -2.12. The Morgan fingerprint density at radius 3 is 2.50 bits per heavy atom. The number of halogens is 3. The van der Waals surface area contributed by atoms with Crippen LogP contribution in [0.4, 0.5) is 18.9 Å². The molecule has 1 rings (SSSR count). The van der Waals surface area contributed by atoms with E-state index in [9.17, 15) is 28.1 Å². The quantitative estimate of drug-likeness (QED) is 0.450. The van der Waals surface area contributed by atoms with Crippen LogP contribution in [-0.4, -0.2) is 18.0 Å². The standard InChI is InChI=1S/C14H16F3NO4/c1-3-4-5-11(13(19)22-2)10-7-6-9(14(15,16)17)8-12(10)18(20)21/h6-8,11H,3-5H2,1-2H3. The molecule has 0 saturated carbocycles. The van der Waals surface area contributed by atoms with E-state index in [1.54, 1.807) is 0 Å². The molecule has 0 N–H and O–H groups in total. The molecule has 0 aliphatic carbocycles. The van der Waals surface area contributed by atoms with Gasteiger partial charge in [-0.3, -0.25) is 14.9 Å². The molecule has 0 saturated heterocycles. The fourth-order valence-electron chi connectivity index (χ4n) is 2.12. The molecular weight excluding hydrogens is 303 g/mol. The van der Waals surface area contributed by atoms with E-state index in [2.05, 4.69) is 4.74 Å². The summed E-state index contributed by atoms with van der Waals surface area (Å²) in [6.45, 7) is 1.87. The summed E-state index contributed by atoms with van der Waals surface area (Å²) in [5, 5.41) is 11.1. The second kappa shape index (κ2) is 7.24. The number of alkyl halides is 3. The predicted molar refractivity (Wildman–Crippen MR) is 72.4 cm³/mol. The Bertz CT molecular complexity index is 558. The maximum atomic E-state index is 12.7. The van der Waals surface area contributed by atoms with Crippen molar-refractivity contribution in [3.05, 3.63) is 39.4 Å². The van der Waals surface area contributed by atoms with E-state index < -0.39 is 34.2 Å². The number of nitrogens with zero attached hydrogens (tertiary/aromatic N) is 1. The molecule has 22 heavy (non-hydrogen) atoms. The lowest BCUT2D eigenvalue weighted by atomic mass is 9.91. The summed E-state index contributed by atoms with van der Waals surface area (Å²) in [6, 6.07) is 2.18. The third-order valence-electron chi connectivity index (χ3n) is 3.26. The molecule has 0 spiro atoms. The van der Waals surface area contributed by atoms with Crippen molar-refractivity contribution in [2.75, 3.05) is 7.11 Å².